The summed E-state index contributed by atoms with van der Waals surface area (Å²) < 4.78 is 22.9. The second kappa shape index (κ2) is 62.6. The number of unbranched alkanes of at least 4 members (excludes halogenated alkanes) is 27. The molecule has 0 saturated carbocycles. The Bertz CT molecular complexity index is 2090. The van der Waals surface area contributed by atoms with Crippen LogP contribution in [0.1, 0.15) is 271 Å². The molecular formula is C80H135NO13. The Morgan fingerprint density at radius 2 is 0.734 bits per heavy atom. The summed E-state index contributed by atoms with van der Waals surface area (Å²) in [7, 11) is 0. The number of rotatable bonds is 60. The van der Waals surface area contributed by atoms with Crippen LogP contribution < -0.4 is 5.32 Å². The molecule has 0 spiro atoms. The van der Waals surface area contributed by atoms with Crippen molar-refractivity contribution in [2.45, 2.75) is 344 Å². The Hall–Kier alpha value is -3.87. The molecule has 0 bridgehead atoms. The van der Waals surface area contributed by atoms with Crippen LogP contribution in [-0.2, 0) is 23.7 Å². The van der Waals surface area contributed by atoms with Gasteiger partial charge in [-0.05, 0) is 96.3 Å². The van der Waals surface area contributed by atoms with E-state index in [1.807, 2.05) is 6.08 Å². The average Bonchev–Trinajstić information content (AvgIpc) is 0.794. The summed E-state index contributed by atoms with van der Waals surface area (Å²) in [6, 6.07) is -0.930. The minimum Gasteiger partial charge on any atom is -0.394 e. The van der Waals surface area contributed by atoms with Gasteiger partial charge in [-0.1, -0.05) is 302 Å². The average molecular weight is 1320 g/mol. The lowest BCUT2D eigenvalue weighted by molar-refractivity contribution is -0.359. The number of amides is 1. The van der Waals surface area contributed by atoms with Gasteiger partial charge in [0.05, 0.1) is 32.0 Å². The molecule has 2 aliphatic heterocycles. The summed E-state index contributed by atoms with van der Waals surface area (Å²) >= 11 is 0. The molecule has 94 heavy (non-hydrogen) atoms. The van der Waals surface area contributed by atoms with Crippen LogP contribution >= 0.6 is 0 Å². The molecule has 9 N–H and O–H groups in total. The van der Waals surface area contributed by atoms with Crippen LogP contribution in [0, 0.1) is 0 Å². The third-order valence-corrected chi connectivity index (χ3v) is 17.3. The predicted octanol–water partition coefficient (Wildman–Crippen LogP) is 16.2. The van der Waals surface area contributed by atoms with Gasteiger partial charge in [0.15, 0.2) is 12.6 Å². The normalized spacial score (nSPS) is 23.3. The number of hydrogen-bond donors (Lipinski definition) is 9. The van der Waals surface area contributed by atoms with Gasteiger partial charge < -0.3 is 65.1 Å². The molecular weight excluding hydrogens is 1180 g/mol. The van der Waals surface area contributed by atoms with E-state index in [1.165, 1.54) is 128 Å². The van der Waals surface area contributed by atoms with Gasteiger partial charge in [-0.2, -0.15) is 0 Å². The lowest BCUT2D eigenvalue weighted by Crippen LogP contribution is -2.65. The van der Waals surface area contributed by atoms with Gasteiger partial charge in [-0.15, -0.1) is 0 Å². The number of nitrogens with one attached hydrogen (secondary N) is 1. The zero-order valence-electron chi connectivity index (χ0n) is 58.7. The molecule has 1 amide bonds. The number of carbonyl (C=O) groups is 1. The molecule has 12 unspecified atom stereocenters. The molecule has 2 aliphatic rings. The monoisotopic (exact) mass is 1320 g/mol. The molecule has 0 radical (unpaired) electrons. The van der Waals surface area contributed by atoms with E-state index in [0.717, 1.165) is 116 Å². The number of allylic oxidation sites excluding steroid dienone is 21. The van der Waals surface area contributed by atoms with Gasteiger partial charge in [0.1, 0.15) is 48.8 Å². The second-order valence-electron chi connectivity index (χ2n) is 25.7. The highest BCUT2D eigenvalue weighted by molar-refractivity contribution is 5.76. The van der Waals surface area contributed by atoms with Crippen LogP contribution in [0.4, 0.5) is 0 Å². The number of hydrogen-bond acceptors (Lipinski definition) is 13. The van der Waals surface area contributed by atoms with E-state index in [-0.39, 0.29) is 18.9 Å². The number of aliphatic hydroxyl groups is 8. The van der Waals surface area contributed by atoms with Crippen molar-refractivity contribution in [3.05, 3.63) is 134 Å². The Labute approximate surface area is 570 Å². The first-order chi connectivity index (χ1) is 46.1. The Balaban J connectivity index is 1.65. The summed E-state index contributed by atoms with van der Waals surface area (Å²) in [4.78, 5) is 13.4. The fourth-order valence-corrected chi connectivity index (χ4v) is 11.4. The van der Waals surface area contributed by atoms with Crippen molar-refractivity contribution in [1.29, 1.82) is 0 Å². The lowest BCUT2D eigenvalue weighted by Gasteiger charge is -2.46. The third kappa shape index (κ3) is 45.6. The summed E-state index contributed by atoms with van der Waals surface area (Å²) in [6.07, 6.45) is 76.4. The molecule has 0 aromatic carbocycles. The first kappa shape index (κ1) is 86.2. The first-order valence-corrected chi connectivity index (χ1v) is 37.4. The maximum atomic E-state index is 13.4. The molecule has 2 fully saturated rings. The van der Waals surface area contributed by atoms with Gasteiger partial charge in [0.2, 0.25) is 5.91 Å². The van der Waals surface area contributed by atoms with Gasteiger partial charge in [-0.25, -0.2) is 0 Å². The minimum atomic E-state index is -1.80. The smallest absolute Gasteiger partial charge is 0.220 e. The fourth-order valence-electron chi connectivity index (χ4n) is 11.4. The highest BCUT2D eigenvalue weighted by atomic mass is 16.7. The number of carbonyl (C=O) groups excluding carboxylic acids is 1. The van der Waals surface area contributed by atoms with Crippen LogP contribution in [0.3, 0.4) is 0 Å². The third-order valence-electron chi connectivity index (χ3n) is 17.3. The molecule has 0 aromatic heterocycles. The molecule has 2 heterocycles. The van der Waals surface area contributed by atoms with Crippen molar-refractivity contribution in [2.75, 3.05) is 19.8 Å². The molecule has 538 valence electrons. The van der Waals surface area contributed by atoms with Gasteiger partial charge >= 0.3 is 0 Å². The largest absolute Gasteiger partial charge is 0.394 e. The standard InChI is InChI=1S/C80H135NO13/c1-3-5-7-9-11-13-15-17-19-21-23-25-26-27-28-29-30-31-32-33-34-35-36-37-38-39-40-41-42-44-46-48-50-52-54-56-58-60-62-64-72(85)81-68(69(84)63-61-59-57-55-53-51-49-47-45-43-24-22-20-18-16-14-12-10-8-6-4-2)67-91-79-77(90)75(88)78(71(66-83)93-79)94-80-76(89)74(87)73(86)70(65-82)92-80/h5,7,11,13,17,19,23,25,27-28,30-31,33-34,36-37,39-40,42,44,61,63,68-71,73-80,82-84,86-90H,3-4,6,8-10,12,14-16,18,20-22,24,26,29,32,35,38,41,43,45-60,62,64-67H2,1-2H3,(H,81,85)/b7-5-,13-11-,19-17-,25-23-,28-27-,31-30-,34-33-,37-36-,40-39-,44-42-,63-61+. The van der Waals surface area contributed by atoms with E-state index in [1.54, 1.807) is 6.08 Å². The van der Waals surface area contributed by atoms with Crippen molar-refractivity contribution in [1.82, 2.24) is 5.32 Å². The maximum Gasteiger partial charge on any atom is 0.220 e. The Morgan fingerprint density at radius 1 is 0.394 bits per heavy atom. The fraction of sp³-hybridized carbons (Fsp3) is 0.713. The molecule has 0 aromatic rings. The summed E-state index contributed by atoms with van der Waals surface area (Å²) in [6.45, 7) is 2.69. The van der Waals surface area contributed by atoms with Crippen LogP contribution in [0.15, 0.2) is 134 Å². The van der Waals surface area contributed by atoms with Gasteiger partial charge in [-0.3, -0.25) is 4.79 Å². The number of aliphatic hydroxyl groups excluding tert-OH is 8. The summed E-state index contributed by atoms with van der Waals surface area (Å²) in [5.74, 6) is -0.251. The summed E-state index contributed by atoms with van der Waals surface area (Å²) in [5.41, 5.74) is 0. The number of ether oxygens (including phenoxy) is 4. The highest BCUT2D eigenvalue weighted by Crippen LogP contribution is 2.30. The maximum absolute atomic E-state index is 13.4. The van der Waals surface area contributed by atoms with E-state index >= 15 is 0 Å². The van der Waals surface area contributed by atoms with Crippen LogP contribution in [0.2, 0.25) is 0 Å². The predicted molar refractivity (Wildman–Crippen MR) is 387 cm³/mol. The minimum absolute atomic E-state index is 0.251. The molecule has 2 rings (SSSR count). The van der Waals surface area contributed by atoms with E-state index in [4.69, 9.17) is 18.9 Å². The van der Waals surface area contributed by atoms with Gasteiger partial charge in [0, 0.05) is 6.42 Å². The van der Waals surface area contributed by atoms with Crippen LogP contribution in [0.5, 0.6) is 0 Å². The highest BCUT2D eigenvalue weighted by Gasteiger charge is 2.51. The topological polar surface area (TPSA) is 228 Å². The molecule has 12 atom stereocenters. The van der Waals surface area contributed by atoms with E-state index in [0.29, 0.717) is 6.42 Å². The van der Waals surface area contributed by atoms with Crippen molar-refractivity contribution < 1.29 is 64.6 Å². The zero-order valence-corrected chi connectivity index (χ0v) is 58.7. The van der Waals surface area contributed by atoms with E-state index < -0.39 is 86.8 Å². The molecule has 14 heteroatoms. The quantitative estimate of drug-likeness (QED) is 0.0204. The van der Waals surface area contributed by atoms with Crippen molar-refractivity contribution >= 4 is 5.91 Å². The zero-order chi connectivity index (χ0) is 68.0. The first-order valence-electron chi connectivity index (χ1n) is 37.4. The van der Waals surface area contributed by atoms with Crippen LogP contribution in [-0.4, -0.2) is 140 Å². The molecule has 2 saturated heterocycles. The SMILES string of the molecule is CC/C=C\C/C=C\C/C=C\C/C=C\C/C=C\C/C=C\C/C=C\C/C=C\C/C=C\C/C=C\CCCCCCCCCCC(=O)NC(COC1OC(CO)C(OC2OC(CO)C(O)C(O)C2O)C(O)C1O)C(O)/C=C/CCCCCCCCCCCCCCCCCCCCC. The second-order valence-corrected chi connectivity index (χ2v) is 25.7. The molecule has 14 nitrogen and oxygen atoms in total. The van der Waals surface area contributed by atoms with Gasteiger partial charge in [0.25, 0.3) is 0 Å². The van der Waals surface area contributed by atoms with E-state index in [2.05, 4.69) is 141 Å². The lowest BCUT2D eigenvalue weighted by atomic mass is 9.97. The van der Waals surface area contributed by atoms with Crippen LogP contribution in [0.25, 0.3) is 0 Å². The Kier molecular flexibility index (Phi) is 57.4. The summed E-state index contributed by atoms with van der Waals surface area (Å²) in [5, 5.41) is 87.5. The van der Waals surface area contributed by atoms with Crippen molar-refractivity contribution in [3.8, 4) is 0 Å². The Morgan fingerprint density at radius 3 is 1.13 bits per heavy atom. The molecule has 0 aliphatic carbocycles. The van der Waals surface area contributed by atoms with E-state index in [9.17, 15) is 45.6 Å². The van der Waals surface area contributed by atoms with Crippen molar-refractivity contribution in [2.24, 2.45) is 0 Å². The van der Waals surface area contributed by atoms with Crippen molar-refractivity contribution in [3.63, 3.8) is 0 Å².